The highest BCUT2D eigenvalue weighted by atomic mass is 32.1. The normalized spacial score (nSPS) is 11.3. The number of aromatic hydroxyl groups is 1. The number of aromatic nitrogens is 2. The Morgan fingerprint density at radius 2 is 1.90 bits per heavy atom. The Labute approximate surface area is 125 Å². The standard InChI is InChI=1S/C17H12N2OS/c1-10-5-7-12-15(9-10)21-17(19-12)13-8-6-11-3-2-4-14(20)16(11)18-13/h2-9,20H,1H3. The summed E-state index contributed by atoms with van der Waals surface area (Å²) in [7, 11) is 0. The fraction of sp³-hybridized carbons (Fsp3) is 0.0588. The number of hydrogen-bond acceptors (Lipinski definition) is 4. The summed E-state index contributed by atoms with van der Waals surface area (Å²) in [5, 5.41) is 11.7. The molecule has 0 spiro atoms. The molecule has 102 valence electrons. The Balaban J connectivity index is 1.93. The van der Waals surface area contributed by atoms with Gasteiger partial charge in [-0.2, -0.15) is 0 Å². The van der Waals surface area contributed by atoms with Gasteiger partial charge in [-0.05, 0) is 36.8 Å². The molecule has 3 nitrogen and oxygen atoms in total. The molecule has 4 rings (SSSR count). The van der Waals surface area contributed by atoms with E-state index in [1.54, 1.807) is 17.4 Å². The van der Waals surface area contributed by atoms with E-state index in [1.165, 1.54) is 5.56 Å². The van der Waals surface area contributed by atoms with Crippen molar-refractivity contribution in [2.24, 2.45) is 0 Å². The number of hydrogen-bond donors (Lipinski definition) is 1. The topological polar surface area (TPSA) is 46.0 Å². The van der Waals surface area contributed by atoms with Crippen molar-refractivity contribution < 1.29 is 5.11 Å². The number of rotatable bonds is 1. The first-order valence-electron chi connectivity index (χ1n) is 6.67. The van der Waals surface area contributed by atoms with E-state index < -0.39 is 0 Å². The van der Waals surface area contributed by atoms with Gasteiger partial charge in [0.05, 0.1) is 15.9 Å². The minimum Gasteiger partial charge on any atom is -0.506 e. The largest absolute Gasteiger partial charge is 0.506 e. The maximum absolute atomic E-state index is 9.94. The quantitative estimate of drug-likeness (QED) is 0.561. The fourth-order valence-electron chi connectivity index (χ4n) is 2.39. The number of phenolic OH excluding ortho intramolecular Hbond substituents is 1. The molecule has 1 N–H and O–H groups in total. The van der Waals surface area contributed by atoms with Crippen LogP contribution in [0.2, 0.25) is 0 Å². The summed E-state index contributed by atoms with van der Waals surface area (Å²) < 4.78 is 1.16. The van der Waals surface area contributed by atoms with Crippen molar-refractivity contribution in [2.45, 2.75) is 6.92 Å². The molecule has 0 saturated carbocycles. The van der Waals surface area contributed by atoms with E-state index in [9.17, 15) is 5.11 Å². The highest BCUT2D eigenvalue weighted by Crippen LogP contribution is 2.32. The number of aryl methyl sites for hydroxylation is 1. The molecule has 0 aliphatic rings. The number of phenols is 1. The van der Waals surface area contributed by atoms with Crippen LogP contribution in [0.5, 0.6) is 5.75 Å². The number of para-hydroxylation sites is 1. The molecular weight excluding hydrogens is 280 g/mol. The van der Waals surface area contributed by atoms with Crippen molar-refractivity contribution in [3.8, 4) is 16.5 Å². The lowest BCUT2D eigenvalue weighted by atomic mass is 10.2. The molecule has 2 heterocycles. The van der Waals surface area contributed by atoms with Crippen LogP contribution in [0, 0.1) is 6.92 Å². The molecule has 4 aromatic rings. The SMILES string of the molecule is Cc1ccc2nc(-c3ccc4cccc(O)c4n3)sc2c1. The van der Waals surface area contributed by atoms with Gasteiger partial charge in [0.2, 0.25) is 0 Å². The first-order valence-corrected chi connectivity index (χ1v) is 7.49. The second-order valence-electron chi connectivity index (χ2n) is 5.04. The zero-order valence-electron chi connectivity index (χ0n) is 11.4. The second-order valence-corrected chi connectivity index (χ2v) is 6.07. The van der Waals surface area contributed by atoms with Gasteiger partial charge in [0, 0.05) is 5.39 Å². The number of pyridine rings is 1. The van der Waals surface area contributed by atoms with Gasteiger partial charge in [0.1, 0.15) is 16.3 Å². The van der Waals surface area contributed by atoms with Gasteiger partial charge in [0.25, 0.3) is 0 Å². The average molecular weight is 292 g/mol. The molecule has 0 unspecified atom stereocenters. The zero-order chi connectivity index (χ0) is 14.4. The summed E-state index contributed by atoms with van der Waals surface area (Å²) >= 11 is 1.62. The minimum absolute atomic E-state index is 0.200. The predicted molar refractivity (Wildman–Crippen MR) is 86.8 cm³/mol. The summed E-state index contributed by atoms with van der Waals surface area (Å²) in [6, 6.07) is 15.6. The summed E-state index contributed by atoms with van der Waals surface area (Å²) in [6.07, 6.45) is 0. The van der Waals surface area contributed by atoms with Crippen LogP contribution in [0.1, 0.15) is 5.56 Å². The van der Waals surface area contributed by atoms with E-state index in [0.717, 1.165) is 26.3 Å². The highest BCUT2D eigenvalue weighted by molar-refractivity contribution is 7.21. The summed E-state index contributed by atoms with van der Waals surface area (Å²) in [6.45, 7) is 2.07. The lowest BCUT2D eigenvalue weighted by Gasteiger charge is -2.01. The van der Waals surface area contributed by atoms with Gasteiger partial charge in [-0.3, -0.25) is 0 Å². The first kappa shape index (κ1) is 12.3. The van der Waals surface area contributed by atoms with E-state index in [1.807, 2.05) is 30.3 Å². The van der Waals surface area contributed by atoms with Crippen molar-refractivity contribution in [1.82, 2.24) is 9.97 Å². The maximum atomic E-state index is 9.94. The van der Waals surface area contributed by atoms with E-state index in [4.69, 9.17) is 0 Å². The van der Waals surface area contributed by atoms with Gasteiger partial charge >= 0.3 is 0 Å². The van der Waals surface area contributed by atoms with Crippen LogP contribution in [0.15, 0.2) is 48.5 Å². The van der Waals surface area contributed by atoms with Crippen LogP contribution in [-0.4, -0.2) is 15.1 Å². The number of benzene rings is 2. The summed E-state index contributed by atoms with van der Waals surface area (Å²) in [5.41, 5.74) is 3.62. The van der Waals surface area contributed by atoms with Gasteiger partial charge in [-0.1, -0.05) is 24.3 Å². The maximum Gasteiger partial charge on any atom is 0.143 e. The van der Waals surface area contributed by atoms with Crippen LogP contribution in [0.4, 0.5) is 0 Å². The van der Waals surface area contributed by atoms with Crippen molar-refractivity contribution >= 4 is 32.5 Å². The van der Waals surface area contributed by atoms with Crippen LogP contribution in [0.25, 0.3) is 31.8 Å². The van der Waals surface area contributed by atoms with E-state index in [-0.39, 0.29) is 5.75 Å². The number of nitrogens with zero attached hydrogens (tertiary/aromatic N) is 2. The van der Waals surface area contributed by atoms with E-state index in [0.29, 0.717) is 5.52 Å². The Morgan fingerprint density at radius 3 is 2.81 bits per heavy atom. The van der Waals surface area contributed by atoms with Gasteiger partial charge in [-0.25, -0.2) is 9.97 Å². The van der Waals surface area contributed by atoms with Gasteiger partial charge in [-0.15, -0.1) is 11.3 Å². The molecule has 21 heavy (non-hydrogen) atoms. The third-order valence-corrected chi connectivity index (χ3v) is 4.50. The highest BCUT2D eigenvalue weighted by Gasteiger charge is 2.09. The van der Waals surface area contributed by atoms with Crippen molar-refractivity contribution in [1.29, 1.82) is 0 Å². The van der Waals surface area contributed by atoms with Crippen LogP contribution < -0.4 is 0 Å². The fourth-order valence-corrected chi connectivity index (χ4v) is 3.43. The molecular formula is C17H12N2OS. The van der Waals surface area contributed by atoms with Crippen molar-refractivity contribution in [2.75, 3.05) is 0 Å². The van der Waals surface area contributed by atoms with Gasteiger partial charge in [0.15, 0.2) is 0 Å². The summed E-state index contributed by atoms with van der Waals surface area (Å²) in [4.78, 5) is 9.20. The van der Waals surface area contributed by atoms with Gasteiger partial charge < -0.3 is 5.11 Å². The zero-order valence-corrected chi connectivity index (χ0v) is 12.2. The third kappa shape index (κ3) is 2.04. The molecule has 2 aromatic carbocycles. The molecule has 0 radical (unpaired) electrons. The lowest BCUT2D eigenvalue weighted by Crippen LogP contribution is -1.85. The van der Waals surface area contributed by atoms with E-state index in [2.05, 4.69) is 29.0 Å². The van der Waals surface area contributed by atoms with Crippen molar-refractivity contribution in [3.63, 3.8) is 0 Å². The van der Waals surface area contributed by atoms with Crippen LogP contribution in [0.3, 0.4) is 0 Å². The average Bonchev–Trinajstić information content (AvgIpc) is 2.90. The Morgan fingerprint density at radius 1 is 1.00 bits per heavy atom. The Kier molecular flexibility index (Phi) is 2.65. The Hall–Kier alpha value is -2.46. The first-order chi connectivity index (χ1) is 10.2. The van der Waals surface area contributed by atoms with Crippen LogP contribution in [-0.2, 0) is 0 Å². The smallest absolute Gasteiger partial charge is 0.143 e. The molecule has 0 amide bonds. The monoisotopic (exact) mass is 292 g/mol. The molecule has 0 atom stereocenters. The molecule has 4 heteroatoms. The predicted octanol–water partition coefficient (Wildman–Crippen LogP) is 4.53. The molecule has 0 aliphatic heterocycles. The summed E-state index contributed by atoms with van der Waals surface area (Å²) in [5.74, 6) is 0.200. The molecule has 2 aromatic heterocycles. The van der Waals surface area contributed by atoms with Crippen LogP contribution >= 0.6 is 11.3 Å². The Bertz CT molecular complexity index is 975. The minimum atomic E-state index is 0.200. The second kappa shape index (κ2) is 4.53. The molecule has 0 bridgehead atoms. The molecule has 0 saturated heterocycles. The lowest BCUT2D eigenvalue weighted by molar-refractivity contribution is 0.480. The molecule has 0 aliphatic carbocycles. The number of thiazole rings is 1. The third-order valence-electron chi connectivity index (χ3n) is 3.46. The molecule has 0 fully saturated rings. The van der Waals surface area contributed by atoms with Crippen molar-refractivity contribution in [3.05, 3.63) is 54.1 Å². The van der Waals surface area contributed by atoms with E-state index >= 15 is 0 Å². The number of fused-ring (bicyclic) bond motifs is 2.